The minimum absolute atomic E-state index is 0.00612. The highest BCUT2D eigenvalue weighted by atomic mass is 16.2. The summed E-state index contributed by atoms with van der Waals surface area (Å²) in [4.78, 5) is 32.1. The van der Waals surface area contributed by atoms with E-state index in [2.05, 4.69) is 23.9 Å². The fraction of sp³-hybridized carbons (Fsp3) is 0.429. The highest BCUT2D eigenvalue weighted by Crippen LogP contribution is 2.23. The van der Waals surface area contributed by atoms with Crippen molar-refractivity contribution in [1.82, 2.24) is 24.2 Å². The Hall–Kier alpha value is -2.96. The van der Waals surface area contributed by atoms with E-state index >= 15 is 0 Å². The molecule has 28 heavy (non-hydrogen) atoms. The Kier molecular flexibility index (Phi) is 4.75. The summed E-state index contributed by atoms with van der Waals surface area (Å²) in [6, 6.07) is 8.27. The van der Waals surface area contributed by atoms with Gasteiger partial charge < -0.3 is 4.90 Å². The second kappa shape index (κ2) is 7.22. The molecule has 1 fully saturated rings. The molecule has 1 amide bonds. The number of hydrogen-bond acceptors (Lipinski definition) is 4. The van der Waals surface area contributed by atoms with E-state index in [4.69, 9.17) is 0 Å². The predicted molar refractivity (Wildman–Crippen MR) is 107 cm³/mol. The van der Waals surface area contributed by atoms with Crippen LogP contribution in [0.2, 0.25) is 0 Å². The molecule has 1 aliphatic heterocycles. The number of aromatic nitrogens is 4. The van der Waals surface area contributed by atoms with Gasteiger partial charge in [-0.1, -0.05) is 17.7 Å². The number of nitrogens with zero attached hydrogens (tertiary/aromatic N) is 5. The molecule has 0 bridgehead atoms. The molecule has 0 spiro atoms. The van der Waals surface area contributed by atoms with Gasteiger partial charge in [0, 0.05) is 12.1 Å². The molecule has 0 N–H and O–H groups in total. The average molecular weight is 379 g/mol. The summed E-state index contributed by atoms with van der Waals surface area (Å²) in [5.74, 6) is -0.0334. The van der Waals surface area contributed by atoms with Gasteiger partial charge in [0.15, 0.2) is 5.65 Å². The first-order chi connectivity index (χ1) is 13.5. The Morgan fingerprint density at radius 3 is 2.50 bits per heavy atom. The van der Waals surface area contributed by atoms with Crippen LogP contribution in [-0.2, 0) is 11.3 Å². The Bertz CT molecular complexity index is 1060. The monoisotopic (exact) mass is 379 g/mol. The molecular formula is C21H25N5O2. The summed E-state index contributed by atoms with van der Waals surface area (Å²) in [5, 5.41) is 4.75. The Morgan fingerprint density at radius 2 is 1.82 bits per heavy atom. The molecule has 2 atom stereocenters. The first kappa shape index (κ1) is 18.4. The van der Waals surface area contributed by atoms with Crippen LogP contribution >= 0.6 is 0 Å². The van der Waals surface area contributed by atoms with Gasteiger partial charge in [-0.05, 0) is 52.2 Å². The lowest BCUT2D eigenvalue weighted by atomic mass is 9.97. The lowest BCUT2D eigenvalue weighted by molar-refractivity contribution is -0.138. The molecule has 4 rings (SSSR count). The molecule has 3 aromatic rings. The van der Waals surface area contributed by atoms with Crippen molar-refractivity contribution in [2.75, 3.05) is 0 Å². The molecule has 1 aromatic carbocycles. The van der Waals surface area contributed by atoms with Crippen LogP contribution in [0.15, 0.2) is 41.6 Å². The highest BCUT2D eigenvalue weighted by molar-refractivity contribution is 5.78. The van der Waals surface area contributed by atoms with Crippen molar-refractivity contribution in [3.8, 4) is 5.69 Å². The molecule has 0 saturated carbocycles. The number of benzene rings is 1. The van der Waals surface area contributed by atoms with Crippen molar-refractivity contribution in [1.29, 1.82) is 0 Å². The van der Waals surface area contributed by atoms with Gasteiger partial charge in [-0.2, -0.15) is 5.10 Å². The van der Waals surface area contributed by atoms with Crippen LogP contribution in [0, 0.1) is 6.92 Å². The van der Waals surface area contributed by atoms with Crippen LogP contribution < -0.4 is 5.56 Å². The molecule has 7 heteroatoms. The summed E-state index contributed by atoms with van der Waals surface area (Å²) < 4.78 is 3.04. The van der Waals surface area contributed by atoms with E-state index in [1.165, 1.54) is 17.1 Å². The number of piperidine rings is 1. The van der Waals surface area contributed by atoms with E-state index in [-0.39, 0.29) is 30.1 Å². The van der Waals surface area contributed by atoms with Gasteiger partial charge in [-0.25, -0.2) is 9.67 Å². The second-order valence-corrected chi connectivity index (χ2v) is 7.74. The third kappa shape index (κ3) is 3.21. The number of fused-ring (bicyclic) bond motifs is 1. The summed E-state index contributed by atoms with van der Waals surface area (Å²) in [7, 11) is 0. The topological polar surface area (TPSA) is 73.0 Å². The third-order valence-corrected chi connectivity index (χ3v) is 5.62. The molecule has 0 radical (unpaired) electrons. The fourth-order valence-corrected chi connectivity index (χ4v) is 4.08. The highest BCUT2D eigenvalue weighted by Gasteiger charge is 2.29. The molecule has 146 valence electrons. The standard InChI is InChI=1S/C21H25N5O2/c1-14-7-9-17(10-8-14)26-20-18(11-23-26)21(28)24(13-22-20)12-19(27)25-15(2)5-4-6-16(25)3/h7-11,13,15-16H,4-6,12H2,1-3H3/t15-,16+. The van der Waals surface area contributed by atoms with Crippen molar-refractivity contribution in [3.05, 3.63) is 52.7 Å². The molecule has 1 aliphatic rings. The minimum atomic E-state index is -0.242. The quantitative estimate of drug-likeness (QED) is 0.701. The van der Waals surface area contributed by atoms with E-state index in [1.807, 2.05) is 36.1 Å². The maximum absolute atomic E-state index is 12.9. The summed E-state index contributed by atoms with van der Waals surface area (Å²) in [6.07, 6.45) is 6.13. The van der Waals surface area contributed by atoms with Crippen molar-refractivity contribution in [3.63, 3.8) is 0 Å². The smallest absolute Gasteiger partial charge is 0.264 e. The van der Waals surface area contributed by atoms with Crippen molar-refractivity contribution in [2.24, 2.45) is 0 Å². The van der Waals surface area contributed by atoms with Gasteiger partial charge in [0.1, 0.15) is 18.3 Å². The first-order valence-electron chi connectivity index (χ1n) is 9.77. The third-order valence-electron chi connectivity index (χ3n) is 5.62. The van der Waals surface area contributed by atoms with E-state index in [1.54, 1.807) is 4.68 Å². The number of hydrogen-bond donors (Lipinski definition) is 0. The van der Waals surface area contributed by atoms with Gasteiger partial charge in [-0.3, -0.25) is 14.2 Å². The zero-order valence-corrected chi connectivity index (χ0v) is 16.5. The van der Waals surface area contributed by atoms with E-state index in [0.717, 1.165) is 30.5 Å². The van der Waals surface area contributed by atoms with Crippen LogP contribution in [0.3, 0.4) is 0 Å². The Balaban J connectivity index is 1.65. The maximum atomic E-state index is 12.9. The largest absolute Gasteiger partial charge is 0.336 e. The lowest BCUT2D eigenvalue weighted by Crippen LogP contribution is -2.49. The SMILES string of the molecule is Cc1ccc(-n2ncc3c(=O)n(CC(=O)N4[C@H](C)CCC[C@@H]4C)cnc32)cc1. The fourth-order valence-electron chi connectivity index (χ4n) is 4.08. The number of carbonyl (C=O) groups is 1. The number of likely N-dealkylation sites (tertiary alicyclic amines) is 1. The molecule has 3 heterocycles. The van der Waals surface area contributed by atoms with E-state index in [0.29, 0.717) is 11.0 Å². The van der Waals surface area contributed by atoms with Gasteiger partial charge in [0.05, 0.1) is 11.9 Å². The Morgan fingerprint density at radius 1 is 1.14 bits per heavy atom. The molecule has 0 aliphatic carbocycles. The molecule has 2 aromatic heterocycles. The van der Waals surface area contributed by atoms with Gasteiger partial charge in [0.2, 0.25) is 5.91 Å². The predicted octanol–water partition coefficient (Wildman–Crippen LogP) is 2.68. The number of rotatable bonds is 3. The Labute approximate surface area is 163 Å². The van der Waals surface area contributed by atoms with Crippen molar-refractivity contribution < 1.29 is 4.79 Å². The van der Waals surface area contributed by atoms with Crippen LogP contribution in [0.1, 0.15) is 38.7 Å². The first-order valence-corrected chi connectivity index (χ1v) is 9.77. The van der Waals surface area contributed by atoms with Crippen LogP contribution in [0.4, 0.5) is 0 Å². The number of carbonyl (C=O) groups excluding carboxylic acids is 1. The maximum Gasteiger partial charge on any atom is 0.264 e. The second-order valence-electron chi connectivity index (χ2n) is 7.74. The van der Waals surface area contributed by atoms with Gasteiger partial charge >= 0.3 is 0 Å². The lowest BCUT2D eigenvalue weighted by Gasteiger charge is -2.39. The zero-order chi connectivity index (χ0) is 19.8. The number of amides is 1. The normalized spacial score (nSPS) is 19.9. The molecule has 7 nitrogen and oxygen atoms in total. The van der Waals surface area contributed by atoms with Gasteiger partial charge in [0.25, 0.3) is 5.56 Å². The van der Waals surface area contributed by atoms with E-state index < -0.39 is 0 Å². The zero-order valence-electron chi connectivity index (χ0n) is 16.5. The van der Waals surface area contributed by atoms with Crippen molar-refractivity contribution in [2.45, 2.75) is 58.7 Å². The average Bonchev–Trinajstić information content (AvgIpc) is 3.09. The van der Waals surface area contributed by atoms with Crippen LogP contribution in [0.25, 0.3) is 16.7 Å². The summed E-state index contributed by atoms with van der Waals surface area (Å²) >= 11 is 0. The van der Waals surface area contributed by atoms with Crippen molar-refractivity contribution >= 4 is 16.9 Å². The molecule has 1 saturated heterocycles. The number of aryl methyl sites for hydroxylation is 1. The minimum Gasteiger partial charge on any atom is -0.336 e. The molecule has 0 unspecified atom stereocenters. The van der Waals surface area contributed by atoms with E-state index in [9.17, 15) is 9.59 Å². The van der Waals surface area contributed by atoms with Crippen LogP contribution in [0.5, 0.6) is 0 Å². The van der Waals surface area contributed by atoms with Gasteiger partial charge in [-0.15, -0.1) is 0 Å². The summed E-state index contributed by atoms with van der Waals surface area (Å²) in [5.41, 5.74) is 2.25. The van der Waals surface area contributed by atoms with Crippen LogP contribution in [-0.4, -0.2) is 42.2 Å². The summed E-state index contributed by atoms with van der Waals surface area (Å²) in [6.45, 7) is 6.17. The molecular weight excluding hydrogens is 354 g/mol.